The van der Waals surface area contributed by atoms with E-state index in [0.29, 0.717) is 18.9 Å². The van der Waals surface area contributed by atoms with Gasteiger partial charge in [0, 0.05) is 17.9 Å². The second-order valence-electron chi connectivity index (χ2n) is 4.47. The Morgan fingerprint density at radius 3 is 3.00 bits per heavy atom. The van der Waals surface area contributed by atoms with Crippen molar-refractivity contribution in [2.75, 3.05) is 6.54 Å². The SMILES string of the molecule is NCCC(=O)c1ccc2sc(C3CC3)nc2c1. The van der Waals surface area contributed by atoms with E-state index in [4.69, 9.17) is 5.73 Å². The number of hydrogen-bond acceptors (Lipinski definition) is 4. The highest BCUT2D eigenvalue weighted by Gasteiger charge is 2.27. The number of nitrogens with zero attached hydrogens (tertiary/aromatic N) is 1. The predicted octanol–water partition coefficient (Wildman–Crippen LogP) is 2.71. The third-order valence-electron chi connectivity index (χ3n) is 3.02. The maximum absolute atomic E-state index is 11.7. The first kappa shape index (κ1) is 10.9. The van der Waals surface area contributed by atoms with E-state index >= 15 is 0 Å². The standard InChI is InChI=1S/C13H14N2OS/c14-6-5-11(16)9-3-4-12-10(7-9)15-13(17-12)8-1-2-8/h3-4,7-8H,1-2,5-6,14H2. The summed E-state index contributed by atoms with van der Waals surface area (Å²) in [6, 6.07) is 5.79. The maximum atomic E-state index is 11.7. The quantitative estimate of drug-likeness (QED) is 0.844. The molecule has 0 atom stereocenters. The van der Waals surface area contributed by atoms with Crippen LogP contribution in [0, 0.1) is 0 Å². The van der Waals surface area contributed by atoms with Gasteiger partial charge in [0.2, 0.25) is 0 Å². The van der Waals surface area contributed by atoms with E-state index in [1.165, 1.54) is 22.5 Å². The molecule has 2 aromatic rings. The molecule has 1 saturated carbocycles. The predicted molar refractivity (Wildman–Crippen MR) is 69.6 cm³/mol. The molecule has 3 rings (SSSR count). The molecule has 1 aliphatic rings. The van der Waals surface area contributed by atoms with Gasteiger partial charge in [0.25, 0.3) is 0 Å². The molecular formula is C13H14N2OS. The molecule has 0 spiro atoms. The largest absolute Gasteiger partial charge is 0.330 e. The summed E-state index contributed by atoms with van der Waals surface area (Å²) in [7, 11) is 0. The van der Waals surface area contributed by atoms with Gasteiger partial charge in [-0.05, 0) is 37.6 Å². The highest BCUT2D eigenvalue weighted by Crippen LogP contribution is 2.43. The Kier molecular flexibility index (Phi) is 2.68. The Morgan fingerprint density at radius 1 is 1.47 bits per heavy atom. The molecular weight excluding hydrogens is 232 g/mol. The molecule has 0 unspecified atom stereocenters. The fraction of sp³-hybridized carbons (Fsp3) is 0.385. The average Bonchev–Trinajstić information content (AvgIpc) is 3.08. The number of rotatable bonds is 4. The smallest absolute Gasteiger partial charge is 0.164 e. The van der Waals surface area contributed by atoms with Gasteiger partial charge in [-0.15, -0.1) is 11.3 Å². The lowest BCUT2D eigenvalue weighted by Crippen LogP contribution is -2.07. The van der Waals surface area contributed by atoms with Crippen molar-refractivity contribution >= 4 is 27.3 Å². The molecule has 3 nitrogen and oxygen atoms in total. The summed E-state index contributed by atoms with van der Waals surface area (Å²) < 4.78 is 1.18. The average molecular weight is 246 g/mol. The van der Waals surface area contributed by atoms with Crippen LogP contribution in [-0.2, 0) is 0 Å². The Hall–Kier alpha value is -1.26. The molecule has 1 aromatic heterocycles. The zero-order chi connectivity index (χ0) is 11.8. The van der Waals surface area contributed by atoms with Crippen molar-refractivity contribution in [2.45, 2.75) is 25.2 Å². The number of thiazole rings is 1. The molecule has 17 heavy (non-hydrogen) atoms. The van der Waals surface area contributed by atoms with E-state index in [2.05, 4.69) is 4.98 Å². The minimum absolute atomic E-state index is 0.107. The lowest BCUT2D eigenvalue weighted by Gasteiger charge is -1.98. The lowest BCUT2D eigenvalue weighted by molar-refractivity contribution is 0.0985. The molecule has 1 fully saturated rings. The molecule has 1 aromatic carbocycles. The van der Waals surface area contributed by atoms with Crippen molar-refractivity contribution in [3.8, 4) is 0 Å². The maximum Gasteiger partial charge on any atom is 0.164 e. The van der Waals surface area contributed by atoms with Crippen molar-refractivity contribution in [3.05, 3.63) is 28.8 Å². The number of hydrogen-bond donors (Lipinski definition) is 1. The monoisotopic (exact) mass is 246 g/mol. The first-order valence-electron chi connectivity index (χ1n) is 5.91. The number of ketones is 1. The summed E-state index contributed by atoms with van der Waals surface area (Å²) in [5.41, 5.74) is 7.09. The van der Waals surface area contributed by atoms with Crippen LogP contribution < -0.4 is 5.73 Å². The lowest BCUT2D eigenvalue weighted by atomic mass is 10.1. The third kappa shape index (κ3) is 2.10. The van der Waals surface area contributed by atoms with Crippen molar-refractivity contribution in [1.82, 2.24) is 4.98 Å². The Morgan fingerprint density at radius 2 is 2.29 bits per heavy atom. The van der Waals surface area contributed by atoms with Crippen molar-refractivity contribution in [2.24, 2.45) is 5.73 Å². The summed E-state index contributed by atoms with van der Waals surface area (Å²) in [6.07, 6.45) is 2.93. The fourth-order valence-corrected chi connectivity index (χ4v) is 3.02. The molecule has 0 bridgehead atoms. The zero-order valence-corrected chi connectivity index (χ0v) is 10.3. The van der Waals surface area contributed by atoms with Gasteiger partial charge in [0.15, 0.2) is 5.78 Å². The minimum atomic E-state index is 0.107. The van der Waals surface area contributed by atoms with Crippen LogP contribution in [0.3, 0.4) is 0 Å². The van der Waals surface area contributed by atoms with Crippen molar-refractivity contribution < 1.29 is 4.79 Å². The number of carbonyl (C=O) groups excluding carboxylic acids is 1. The van der Waals surface area contributed by atoms with Crippen LogP contribution in [0.2, 0.25) is 0 Å². The van der Waals surface area contributed by atoms with Crippen LogP contribution in [0.25, 0.3) is 10.2 Å². The number of Topliss-reactive ketones (excluding diaryl/α,β-unsaturated/α-hetero) is 1. The summed E-state index contributed by atoms with van der Waals surface area (Å²) in [5, 5.41) is 1.23. The number of nitrogens with two attached hydrogens (primary N) is 1. The van der Waals surface area contributed by atoms with Crippen LogP contribution in [0.1, 0.15) is 40.5 Å². The van der Waals surface area contributed by atoms with Gasteiger partial charge in [-0.1, -0.05) is 0 Å². The van der Waals surface area contributed by atoms with Gasteiger partial charge < -0.3 is 5.73 Å². The van der Waals surface area contributed by atoms with Gasteiger partial charge >= 0.3 is 0 Å². The molecule has 0 amide bonds. The Balaban J connectivity index is 1.97. The van der Waals surface area contributed by atoms with E-state index in [1.54, 1.807) is 11.3 Å². The summed E-state index contributed by atoms with van der Waals surface area (Å²) in [6.45, 7) is 0.404. The molecule has 0 aliphatic heterocycles. The highest BCUT2D eigenvalue weighted by molar-refractivity contribution is 7.18. The molecule has 88 valence electrons. The van der Waals surface area contributed by atoms with E-state index < -0.39 is 0 Å². The number of fused-ring (bicyclic) bond motifs is 1. The number of aromatic nitrogens is 1. The van der Waals surface area contributed by atoms with E-state index in [9.17, 15) is 4.79 Å². The molecule has 0 saturated heterocycles. The minimum Gasteiger partial charge on any atom is -0.330 e. The van der Waals surface area contributed by atoms with Crippen molar-refractivity contribution in [3.63, 3.8) is 0 Å². The molecule has 4 heteroatoms. The van der Waals surface area contributed by atoms with E-state index in [0.717, 1.165) is 11.1 Å². The van der Waals surface area contributed by atoms with Gasteiger partial charge in [-0.25, -0.2) is 4.98 Å². The van der Waals surface area contributed by atoms with Crippen molar-refractivity contribution in [1.29, 1.82) is 0 Å². The van der Waals surface area contributed by atoms with Gasteiger partial charge in [-0.3, -0.25) is 4.79 Å². The molecule has 2 N–H and O–H groups in total. The van der Waals surface area contributed by atoms with Crippen LogP contribution in [0.4, 0.5) is 0 Å². The van der Waals surface area contributed by atoms with Crippen LogP contribution in [0.15, 0.2) is 18.2 Å². The zero-order valence-electron chi connectivity index (χ0n) is 9.48. The Bertz CT molecular complexity index is 572. The fourth-order valence-electron chi connectivity index (χ4n) is 1.90. The first-order valence-corrected chi connectivity index (χ1v) is 6.73. The molecule has 1 heterocycles. The topological polar surface area (TPSA) is 56.0 Å². The second kappa shape index (κ2) is 4.20. The number of carbonyl (C=O) groups is 1. The second-order valence-corrected chi connectivity index (χ2v) is 5.53. The van der Waals surface area contributed by atoms with Gasteiger partial charge in [0.1, 0.15) is 0 Å². The van der Waals surface area contributed by atoms with Gasteiger partial charge in [0.05, 0.1) is 15.2 Å². The molecule has 0 radical (unpaired) electrons. The molecule has 1 aliphatic carbocycles. The first-order chi connectivity index (χ1) is 8.28. The highest BCUT2D eigenvalue weighted by atomic mass is 32.1. The summed E-state index contributed by atoms with van der Waals surface area (Å²) in [5.74, 6) is 0.783. The third-order valence-corrected chi connectivity index (χ3v) is 4.22. The van der Waals surface area contributed by atoms with Gasteiger partial charge in [-0.2, -0.15) is 0 Å². The Labute approximate surface area is 104 Å². The van der Waals surface area contributed by atoms with Crippen LogP contribution in [-0.4, -0.2) is 17.3 Å². The van der Waals surface area contributed by atoms with E-state index in [1.807, 2.05) is 18.2 Å². The normalized spacial score (nSPS) is 15.4. The van der Waals surface area contributed by atoms with Crippen LogP contribution >= 0.6 is 11.3 Å². The van der Waals surface area contributed by atoms with E-state index in [-0.39, 0.29) is 5.78 Å². The summed E-state index contributed by atoms with van der Waals surface area (Å²) in [4.78, 5) is 16.3. The summed E-state index contributed by atoms with van der Waals surface area (Å²) >= 11 is 1.75. The van der Waals surface area contributed by atoms with Crippen LogP contribution in [0.5, 0.6) is 0 Å². The number of benzene rings is 1.